The van der Waals surface area contributed by atoms with Crippen LogP contribution in [0.4, 0.5) is 5.82 Å². The lowest BCUT2D eigenvalue weighted by Crippen LogP contribution is -2.10. The minimum absolute atomic E-state index is 0.241. The van der Waals surface area contributed by atoms with Gasteiger partial charge in [-0.2, -0.15) is 0 Å². The molecule has 0 saturated heterocycles. The van der Waals surface area contributed by atoms with Gasteiger partial charge in [0.2, 0.25) is 0 Å². The maximum absolute atomic E-state index is 10.9. The first-order valence-corrected chi connectivity index (χ1v) is 5.10. The summed E-state index contributed by atoms with van der Waals surface area (Å²) in [5, 5.41) is 12.0. The molecule has 2 rings (SSSR count). The van der Waals surface area contributed by atoms with Gasteiger partial charge in [0.1, 0.15) is 11.4 Å². The topological polar surface area (TPSA) is 62.2 Å². The average molecular weight is 206 g/mol. The highest BCUT2D eigenvalue weighted by atomic mass is 16.4. The van der Waals surface area contributed by atoms with Gasteiger partial charge in [-0.05, 0) is 30.4 Å². The lowest BCUT2D eigenvalue weighted by Gasteiger charge is -2.07. The summed E-state index contributed by atoms with van der Waals surface area (Å²) in [6.07, 6.45) is 2.83. The molecule has 0 amide bonds. The quantitative estimate of drug-likeness (QED) is 0.789. The number of carboxylic acids is 1. The average Bonchev–Trinajstić information content (AvgIpc) is 2.92. The molecule has 0 radical (unpaired) electrons. The van der Waals surface area contributed by atoms with Crippen LogP contribution in [0.15, 0.2) is 18.3 Å². The van der Waals surface area contributed by atoms with Gasteiger partial charge in [-0.1, -0.05) is 6.92 Å². The first-order valence-electron chi connectivity index (χ1n) is 5.10. The summed E-state index contributed by atoms with van der Waals surface area (Å²) in [4.78, 5) is 14.9. The second-order valence-corrected chi connectivity index (χ2v) is 4.06. The van der Waals surface area contributed by atoms with Crippen LogP contribution in [0.5, 0.6) is 0 Å². The smallest absolute Gasteiger partial charge is 0.339 e. The van der Waals surface area contributed by atoms with Crippen molar-refractivity contribution in [2.24, 2.45) is 11.8 Å². The van der Waals surface area contributed by atoms with Crippen molar-refractivity contribution >= 4 is 11.8 Å². The number of hydrogen-bond donors (Lipinski definition) is 2. The predicted octanol–water partition coefficient (Wildman–Crippen LogP) is 1.85. The van der Waals surface area contributed by atoms with Gasteiger partial charge < -0.3 is 10.4 Å². The molecule has 80 valence electrons. The summed E-state index contributed by atoms with van der Waals surface area (Å²) in [6, 6.07) is 3.20. The van der Waals surface area contributed by atoms with Gasteiger partial charge in [0, 0.05) is 12.7 Å². The number of aromatic carboxylic acids is 1. The number of nitrogens with zero attached hydrogens (tertiary/aromatic N) is 1. The Morgan fingerprint density at radius 2 is 2.47 bits per heavy atom. The van der Waals surface area contributed by atoms with Crippen LogP contribution in [0.25, 0.3) is 0 Å². The Morgan fingerprint density at radius 3 is 3.07 bits per heavy atom. The molecule has 2 unspecified atom stereocenters. The Labute approximate surface area is 88.3 Å². The van der Waals surface area contributed by atoms with Crippen LogP contribution in [0.3, 0.4) is 0 Å². The van der Waals surface area contributed by atoms with Crippen LogP contribution in [-0.2, 0) is 0 Å². The van der Waals surface area contributed by atoms with E-state index in [1.165, 1.54) is 6.42 Å². The summed E-state index contributed by atoms with van der Waals surface area (Å²) in [5.74, 6) is 0.974. The van der Waals surface area contributed by atoms with E-state index in [4.69, 9.17) is 5.11 Å². The van der Waals surface area contributed by atoms with Gasteiger partial charge in [0.25, 0.3) is 0 Å². The third kappa shape index (κ3) is 2.26. The summed E-state index contributed by atoms with van der Waals surface area (Å²) in [7, 11) is 0. The second kappa shape index (κ2) is 3.88. The van der Waals surface area contributed by atoms with Crippen LogP contribution >= 0.6 is 0 Å². The number of carboxylic acid groups (broad SMARTS) is 1. The van der Waals surface area contributed by atoms with Gasteiger partial charge in [0.05, 0.1) is 0 Å². The molecule has 0 bridgehead atoms. The van der Waals surface area contributed by atoms with Gasteiger partial charge in [-0.25, -0.2) is 9.78 Å². The second-order valence-electron chi connectivity index (χ2n) is 4.06. The highest BCUT2D eigenvalue weighted by molar-refractivity contribution is 5.92. The van der Waals surface area contributed by atoms with Crippen molar-refractivity contribution in [2.75, 3.05) is 11.9 Å². The zero-order valence-corrected chi connectivity index (χ0v) is 8.60. The normalized spacial score (nSPS) is 23.5. The van der Waals surface area contributed by atoms with E-state index in [2.05, 4.69) is 17.2 Å². The molecule has 4 nitrogen and oxygen atoms in total. The molecule has 1 fully saturated rings. The molecular weight excluding hydrogens is 192 g/mol. The number of pyridine rings is 1. The van der Waals surface area contributed by atoms with Crippen LogP contribution in [0.2, 0.25) is 0 Å². The summed E-state index contributed by atoms with van der Waals surface area (Å²) >= 11 is 0. The highest BCUT2D eigenvalue weighted by Gasteiger charge is 2.32. The molecular formula is C11H14N2O2. The van der Waals surface area contributed by atoms with Gasteiger partial charge >= 0.3 is 5.97 Å². The number of aromatic nitrogens is 1. The molecule has 1 aromatic heterocycles. The third-order valence-corrected chi connectivity index (χ3v) is 2.85. The van der Waals surface area contributed by atoms with E-state index >= 15 is 0 Å². The van der Waals surface area contributed by atoms with Crippen molar-refractivity contribution in [1.82, 2.24) is 4.98 Å². The Balaban J connectivity index is 2.03. The van der Waals surface area contributed by atoms with Crippen molar-refractivity contribution in [1.29, 1.82) is 0 Å². The first-order chi connectivity index (χ1) is 7.18. The van der Waals surface area contributed by atoms with Crippen LogP contribution < -0.4 is 5.32 Å². The monoisotopic (exact) mass is 206 g/mol. The predicted molar refractivity (Wildman–Crippen MR) is 57.0 cm³/mol. The molecule has 4 heteroatoms. The van der Waals surface area contributed by atoms with Crippen molar-refractivity contribution < 1.29 is 9.90 Å². The van der Waals surface area contributed by atoms with E-state index in [-0.39, 0.29) is 5.56 Å². The van der Waals surface area contributed by atoms with Crippen molar-refractivity contribution in [3.8, 4) is 0 Å². The Morgan fingerprint density at radius 1 is 1.73 bits per heavy atom. The molecule has 0 aromatic carbocycles. The largest absolute Gasteiger partial charge is 0.478 e. The highest BCUT2D eigenvalue weighted by Crippen LogP contribution is 2.37. The maximum Gasteiger partial charge on any atom is 0.339 e. The van der Waals surface area contributed by atoms with Crippen molar-refractivity contribution in [3.05, 3.63) is 23.9 Å². The summed E-state index contributed by atoms with van der Waals surface area (Å²) < 4.78 is 0. The molecule has 1 aromatic rings. The van der Waals surface area contributed by atoms with Gasteiger partial charge in [0.15, 0.2) is 0 Å². The lowest BCUT2D eigenvalue weighted by molar-refractivity contribution is 0.0697. The van der Waals surface area contributed by atoms with Crippen LogP contribution in [0, 0.1) is 11.8 Å². The fourth-order valence-corrected chi connectivity index (χ4v) is 1.63. The molecule has 1 saturated carbocycles. The fraction of sp³-hybridized carbons (Fsp3) is 0.455. The third-order valence-electron chi connectivity index (χ3n) is 2.85. The maximum atomic E-state index is 10.9. The van der Waals surface area contributed by atoms with E-state index in [1.54, 1.807) is 18.3 Å². The van der Waals surface area contributed by atoms with Crippen LogP contribution in [-0.4, -0.2) is 22.6 Å². The number of anilines is 1. The standard InChI is InChI=1S/C11H14N2O2/c1-7-5-8(7)6-13-10-9(11(14)15)3-2-4-12-10/h2-4,7-8H,5-6H2,1H3,(H,12,13)(H,14,15). The summed E-state index contributed by atoms with van der Waals surface area (Å²) in [6.45, 7) is 3.02. The zero-order chi connectivity index (χ0) is 10.8. The first kappa shape index (κ1) is 9.96. The molecule has 1 aliphatic rings. The lowest BCUT2D eigenvalue weighted by atomic mass is 10.2. The molecule has 15 heavy (non-hydrogen) atoms. The van der Waals surface area contributed by atoms with E-state index in [1.807, 2.05) is 0 Å². The Kier molecular flexibility index (Phi) is 2.58. The molecule has 2 atom stereocenters. The van der Waals surface area contributed by atoms with Crippen LogP contribution in [0.1, 0.15) is 23.7 Å². The van der Waals surface area contributed by atoms with E-state index < -0.39 is 5.97 Å². The molecule has 0 aliphatic heterocycles. The molecule has 1 aliphatic carbocycles. The molecule has 0 spiro atoms. The number of rotatable bonds is 4. The van der Waals surface area contributed by atoms with Gasteiger partial charge in [-0.3, -0.25) is 0 Å². The molecule has 2 N–H and O–H groups in total. The minimum atomic E-state index is -0.936. The number of carbonyl (C=O) groups is 1. The Bertz CT molecular complexity index is 379. The number of hydrogen-bond acceptors (Lipinski definition) is 3. The number of nitrogens with one attached hydrogen (secondary N) is 1. The minimum Gasteiger partial charge on any atom is -0.478 e. The van der Waals surface area contributed by atoms with E-state index in [0.29, 0.717) is 11.7 Å². The van der Waals surface area contributed by atoms with E-state index in [9.17, 15) is 4.79 Å². The fourth-order valence-electron chi connectivity index (χ4n) is 1.63. The van der Waals surface area contributed by atoms with Crippen molar-refractivity contribution in [3.63, 3.8) is 0 Å². The van der Waals surface area contributed by atoms with E-state index in [0.717, 1.165) is 12.5 Å². The SMILES string of the molecule is CC1CC1CNc1ncccc1C(=O)O. The zero-order valence-electron chi connectivity index (χ0n) is 8.60. The summed E-state index contributed by atoms with van der Waals surface area (Å²) in [5.41, 5.74) is 0.241. The van der Waals surface area contributed by atoms with Gasteiger partial charge in [-0.15, -0.1) is 0 Å². The molecule has 1 heterocycles. The van der Waals surface area contributed by atoms with Crippen molar-refractivity contribution in [2.45, 2.75) is 13.3 Å². The Hall–Kier alpha value is -1.58.